The highest BCUT2D eigenvalue weighted by atomic mass is 32.2. The van der Waals surface area contributed by atoms with Crippen LogP contribution in [0.3, 0.4) is 0 Å². The van der Waals surface area contributed by atoms with E-state index in [2.05, 4.69) is 5.32 Å². The first-order chi connectivity index (χ1) is 14.4. The van der Waals surface area contributed by atoms with Crippen molar-refractivity contribution in [1.82, 2.24) is 9.62 Å². The zero-order valence-electron chi connectivity index (χ0n) is 16.4. The SMILES string of the molecule is O=C(NCCSCc1ccccc1F)C1CCN(S(=O)(=O)c2ccc(F)cc2)CC1. The van der Waals surface area contributed by atoms with Crippen molar-refractivity contribution in [2.75, 3.05) is 25.4 Å². The number of benzene rings is 2. The lowest BCUT2D eigenvalue weighted by atomic mass is 9.97. The van der Waals surface area contributed by atoms with E-state index in [1.807, 2.05) is 0 Å². The summed E-state index contributed by atoms with van der Waals surface area (Å²) < 4.78 is 53.2. The van der Waals surface area contributed by atoms with E-state index in [0.29, 0.717) is 36.5 Å². The summed E-state index contributed by atoms with van der Waals surface area (Å²) in [6.45, 7) is 0.978. The van der Waals surface area contributed by atoms with Gasteiger partial charge in [-0.1, -0.05) is 18.2 Å². The second-order valence-corrected chi connectivity index (χ2v) is 10.1. The minimum atomic E-state index is -3.68. The number of sulfonamides is 1. The van der Waals surface area contributed by atoms with E-state index in [4.69, 9.17) is 0 Å². The Kier molecular flexibility index (Phi) is 7.85. The van der Waals surface area contributed by atoms with Crippen molar-refractivity contribution < 1.29 is 22.0 Å². The van der Waals surface area contributed by atoms with Gasteiger partial charge in [-0.15, -0.1) is 0 Å². The fraction of sp³-hybridized carbons (Fsp3) is 0.381. The van der Waals surface area contributed by atoms with Crippen molar-refractivity contribution in [2.45, 2.75) is 23.5 Å². The first-order valence-electron chi connectivity index (χ1n) is 9.72. The van der Waals surface area contributed by atoms with Gasteiger partial charge in [-0.3, -0.25) is 4.79 Å². The number of carbonyl (C=O) groups is 1. The summed E-state index contributed by atoms with van der Waals surface area (Å²) in [7, 11) is -3.68. The zero-order chi connectivity index (χ0) is 21.6. The second-order valence-electron chi connectivity index (χ2n) is 7.07. The normalized spacial score (nSPS) is 15.8. The lowest BCUT2D eigenvalue weighted by Crippen LogP contribution is -2.43. The van der Waals surface area contributed by atoms with Crippen LogP contribution in [-0.4, -0.2) is 44.0 Å². The Balaban J connectivity index is 1.40. The summed E-state index contributed by atoms with van der Waals surface area (Å²) in [5.74, 6) is 0.175. The molecule has 0 bridgehead atoms. The Morgan fingerprint density at radius 2 is 1.73 bits per heavy atom. The minimum Gasteiger partial charge on any atom is -0.355 e. The second kappa shape index (κ2) is 10.4. The number of nitrogens with zero attached hydrogens (tertiary/aromatic N) is 1. The molecule has 1 fully saturated rings. The van der Waals surface area contributed by atoms with Crippen LogP contribution in [0, 0.1) is 17.6 Å². The van der Waals surface area contributed by atoms with Crippen molar-refractivity contribution in [1.29, 1.82) is 0 Å². The van der Waals surface area contributed by atoms with Crippen molar-refractivity contribution in [3.05, 3.63) is 65.7 Å². The lowest BCUT2D eigenvalue weighted by molar-refractivity contribution is -0.125. The molecule has 5 nitrogen and oxygen atoms in total. The first kappa shape index (κ1) is 22.7. The fourth-order valence-corrected chi connectivity index (χ4v) is 5.62. The van der Waals surface area contributed by atoms with E-state index >= 15 is 0 Å². The van der Waals surface area contributed by atoms with Gasteiger partial charge in [0.2, 0.25) is 15.9 Å². The van der Waals surface area contributed by atoms with Gasteiger partial charge >= 0.3 is 0 Å². The molecular formula is C21H24F2N2O3S2. The predicted octanol–water partition coefficient (Wildman–Crippen LogP) is 3.42. The highest BCUT2D eigenvalue weighted by Crippen LogP contribution is 2.24. The number of hydrogen-bond acceptors (Lipinski definition) is 4. The number of piperidine rings is 1. The van der Waals surface area contributed by atoms with Crippen molar-refractivity contribution >= 4 is 27.7 Å². The van der Waals surface area contributed by atoms with E-state index in [1.54, 1.807) is 30.0 Å². The number of halogens is 2. The molecule has 0 aromatic heterocycles. The Morgan fingerprint density at radius 1 is 1.07 bits per heavy atom. The van der Waals surface area contributed by atoms with E-state index in [1.165, 1.54) is 22.5 Å². The smallest absolute Gasteiger partial charge is 0.243 e. The molecule has 0 saturated carbocycles. The third kappa shape index (κ3) is 5.80. The molecule has 1 heterocycles. The van der Waals surface area contributed by atoms with Crippen LogP contribution < -0.4 is 5.32 Å². The van der Waals surface area contributed by atoms with E-state index in [9.17, 15) is 22.0 Å². The number of nitrogens with one attached hydrogen (secondary N) is 1. The molecule has 0 atom stereocenters. The van der Waals surface area contributed by atoms with Crippen LogP contribution in [0.5, 0.6) is 0 Å². The van der Waals surface area contributed by atoms with Gasteiger partial charge in [0.1, 0.15) is 11.6 Å². The lowest BCUT2D eigenvalue weighted by Gasteiger charge is -2.30. The van der Waals surface area contributed by atoms with E-state index < -0.39 is 15.8 Å². The summed E-state index contributed by atoms with van der Waals surface area (Å²) in [6.07, 6.45) is 0.878. The number of amides is 1. The van der Waals surface area contributed by atoms with Gasteiger partial charge in [0, 0.05) is 37.1 Å². The molecule has 0 unspecified atom stereocenters. The van der Waals surface area contributed by atoms with Crippen molar-refractivity contribution in [3.8, 4) is 0 Å². The maximum Gasteiger partial charge on any atom is 0.243 e. The third-order valence-electron chi connectivity index (χ3n) is 5.04. The monoisotopic (exact) mass is 454 g/mol. The van der Waals surface area contributed by atoms with Crippen LogP contribution >= 0.6 is 11.8 Å². The predicted molar refractivity (Wildman–Crippen MR) is 113 cm³/mol. The van der Waals surface area contributed by atoms with Gasteiger partial charge < -0.3 is 5.32 Å². The Bertz CT molecular complexity index is 960. The fourth-order valence-electron chi connectivity index (χ4n) is 3.30. The van der Waals surface area contributed by atoms with E-state index in [0.717, 1.165) is 12.1 Å². The largest absolute Gasteiger partial charge is 0.355 e. The summed E-state index contributed by atoms with van der Waals surface area (Å²) >= 11 is 1.54. The zero-order valence-corrected chi connectivity index (χ0v) is 18.0. The Labute approximate surface area is 179 Å². The van der Waals surface area contributed by atoms with Gasteiger partial charge in [0.25, 0.3) is 0 Å². The number of hydrogen-bond donors (Lipinski definition) is 1. The molecule has 9 heteroatoms. The minimum absolute atomic E-state index is 0.0543. The van der Waals surface area contributed by atoms with Crippen LogP contribution in [0.1, 0.15) is 18.4 Å². The summed E-state index contributed by atoms with van der Waals surface area (Å²) in [6, 6.07) is 11.4. The molecule has 1 aliphatic rings. The molecule has 0 aliphatic carbocycles. The average molecular weight is 455 g/mol. The topological polar surface area (TPSA) is 66.5 Å². The number of rotatable bonds is 8. The average Bonchev–Trinajstić information content (AvgIpc) is 2.75. The molecule has 3 rings (SSSR count). The van der Waals surface area contributed by atoms with Gasteiger partial charge in [0.05, 0.1) is 4.90 Å². The molecule has 1 saturated heterocycles. The molecule has 2 aromatic carbocycles. The Morgan fingerprint density at radius 3 is 2.40 bits per heavy atom. The molecule has 162 valence electrons. The van der Waals surface area contributed by atoms with Gasteiger partial charge in [-0.05, 0) is 48.7 Å². The molecule has 1 amide bonds. The molecular weight excluding hydrogens is 430 g/mol. The first-order valence-corrected chi connectivity index (χ1v) is 12.3. The standard InChI is InChI=1S/C21H24F2N2O3S2/c22-18-5-7-19(8-6-18)30(27,28)25-12-9-16(10-13-25)21(26)24-11-14-29-15-17-3-1-2-4-20(17)23/h1-8,16H,9-15H2,(H,24,26). The van der Waals surface area contributed by atoms with Gasteiger partial charge in [0.15, 0.2) is 0 Å². The van der Waals surface area contributed by atoms with Crippen molar-refractivity contribution in [2.24, 2.45) is 5.92 Å². The molecule has 30 heavy (non-hydrogen) atoms. The highest BCUT2D eigenvalue weighted by molar-refractivity contribution is 7.98. The summed E-state index contributed by atoms with van der Waals surface area (Å²) in [5, 5.41) is 2.88. The van der Waals surface area contributed by atoms with Crippen LogP contribution in [0.2, 0.25) is 0 Å². The summed E-state index contributed by atoms with van der Waals surface area (Å²) in [4.78, 5) is 12.4. The molecule has 2 aromatic rings. The van der Waals surface area contributed by atoms with Crippen LogP contribution in [0.4, 0.5) is 8.78 Å². The van der Waals surface area contributed by atoms with Gasteiger partial charge in [-0.25, -0.2) is 17.2 Å². The Hall–Kier alpha value is -1.97. The molecule has 1 N–H and O–H groups in total. The molecule has 1 aliphatic heterocycles. The van der Waals surface area contributed by atoms with E-state index in [-0.39, 0.29) is 35.6 Å². The third-order valence-corrected chi connectivity index (χ3v) is 7.96. The maximum absolute atomic E-state index is 13.6. The quantitative estimate of drug-likeness (QED) is 0.621. The summed E-state index contributed by atoms with van der Waals surface area (Å²) in [5.41, 5.74) is 0.642. The van der Waals surface area contributed by atoms with Gasteiger partial charge in [-0.2, -0.15) is 16.1 Å². The maximum atomic E-state index is 13.6. The highest BCUT2D eigenvalue weighted by Gasteiger charge is 2.31. The van der Waals surface area contributed by atoms with Crippen LogP contribution in [0.15, 0.2) is 53.4 Å². The number of thioether (sulfide) groups is 1. The molecule has 0 radical (unpaired) electrons. The number of carbonyl (C=O) groups excluding carboxylic acids is 1. The molecule has 0 spiro atoms. The van der Waals surface area contributed by atoms with Crippen LogP contribution in [-0.2, 0) is 20.6 Å². The van der Waals surface area contributed by atoms with Crippen LogP contribution in [0.25, 0.3) is 0 Å². The van der Waals surface area contributed by atoms with Crippen molar-refractivity contribution in [3.63, 3.8) is 0 Å².